The number of carbonyl (C=O) groups is 1. The van der Waals surface area contributed by atoms with Crippen LogP contribution in [0.4, 0.5) is 0 Å². The number of hydrogen-bond acceptors (Lipinski definition) is 6. The summed E-state index contributed by atoms with van der Waals surface area (Å²) < 4.78 is 6.60. The van der Waals surface area contributed by atoms with Gasteiger partial charge in [-0.15, -0.1) is 0 Å². The zero-order valence-electron chi connectivity index (χ0n) is 13.4. The first-order valence-corrected chi connectivity index (χ1v) is 7.22. The van der Waals surface area contributed by atoms with Gasteiger partial charge in [-0.2, -0.15) is 4.57 Å². The number of nitrogens with zero attached hydrogens (tertiary/aromatic N) is 2. The minimum Gasteiger partial charge on any atom is -0.502 e. The van der Waals surface area contributed by atoms with E-state index in [-0.39, 0.29) is 30.2 Å². The Bertz CT molecular complexity index is 770. The normalized spacial score (nSPS) is 11.0. The van der Waals surface area contributed by atoms with E-state index in [0.29, 0.717) is 22.6 Å². The molecular weight excluding hydrogens is 312 g/mol. The highest BCUT2D eigenvalue weighted by atomic mass is 16.5. The summed E-state index contributed by atoms with van der Waals surface area (Å²) in [6.07, 6.45) is 2.59. The van der Waals surface area contributed by atoms with Gasteiger partial charge in [0.05, 0.1) is 31.1 Å². The second-order valence-corrected chi connectivity index (χ2v) is 5.18. The van der Waals surface area contributed by atoms with Crippen LogP contribution in [0.25, 0.3) is 0 Å². The first-order valence-electron chi connectivity index (χ1n) is 7.22. The van der Waals surface area contributed by atoms with Gasteiger partial charge >= 0.3 is 0 Å². The molecule has 0 atom stereocenters. The van der Waals surface area contributed by atoms with E-state index in [1.165, 1.54) is 0 Å². The van der Waals surface area contributed by atoms with Crippen LogP contribution in [-0.2, 0) is 13.2 Å². The number of oxime groups is 1. The molecule has 0 radical (unpaired) electrons. The summed E-state index contributed by atoms with van der Waals surface area (Å²) in [7, 11) is 1.55. The van der Waals surface area contributed by atoms with Crippen molar-refractivity contribution in [1.29, 1.82) is 0 Å². The number of Topliss-reactive ketones (excluding diaryl/α,β-unsaturated/α-hetero) is 1. The predicted molar refractivity (Wildman–Crippen MR) is 85.7 cm³/mol. The van der Waals surface area contributed by atoms with Gasteiger partial charge < -0.3 is 20.2 Å². The molecule has 7 nitrogen and oxygen atoms in total. The molecule has 0 aliphatic heterocycles. The lowest BCUT2D eigenvalue weighted by atomic mass is 10.1. The summed E-state index contributed by atoms with van der Waals surface area (Å²) in [4.78, 5) is 12.4. The van der Waals surface area contributed by atoms with E-state index < -0.39 is 0 Å². The van der Waals surface area contributed by atoms with E-state index in [0.717, 1.165) is 6.21 Å². The summed E-state index contributed by atoms with van der Waals surface area (Å²) in [5, 5.41) is 31.2. The van der Waals surface area contributed by atoms with Crippen molar-refractivity contribution in [3.8, 4) is 11.5 Å². The third-order valence-electron chi connectivity index (χ3n) is 3.77. The highest BCUT2D eigenvalue weighted by Crippen LogP contribution is 2.21. The second kappa shape index (κ2) is 7.56. The molecule has 0 spiro atoms. The van der Waals surface area contributed by atoms with E-state index >= 15 is 0 Å². The van der Waals surface area contributed by atoms with Crippen molar-refractivity contribution in [3.63, 3.8) is 0 Å². The number of ketones is 1. The van der Waals surface area contributed by atoms with E-state index in [4.69, 9.17) is 9.94 Å². The quantitative estimate of drug-likeness (QED) is 0.242. The summed E-state index contributed by atoms with van der Waals surface area (Å²) in [6.45, 7) is 1.26. The van der Waals surface area contributed by atoms with Crippen molar-refractivity contribution < 1.29 is 29.5 Å². The molecular formula is C17H19N2O5+. The van der Waals surface area contributed by atoms with Gasteiger partial charge in [-0.1, -0.05) is 5.16 Å². The summed E-state index contributed by atoms with van der Waals surface area (Å²) in [6, 6.07) is 6.72. The number of aliphatic hydroxyl groups excluding tert-OH is 1. The van der Waals surface area contributed by atoms with Crippen LogP contribution in [0, 0.1) is 6.92 Å². The number of aliphatic hydroxyl groups is 1. The maximum atomic E-state index is 12.4. The predicted octanol–water partition coefficient (Wildman–Crippen LogP) is 1.18. The van der Waals surface area contributed by atoms with Crippen LogP contribution in [0.2, 0.25) is 0 Å². The van der Waals surface area contributed by atoms with Gasteiger partial charge in [0, 0.05) is 12.5 Å². The fourth-order valence-electron chi connectivity index (χ4n) is 2.35. The Morgan fingerprint density at radius 2 is 2.00 bits per heavy atom. The summed E-state index contributed by atoms with van der Waals surface area (Å²) in [5.74, 6) is 0.350. The topological polar surface area (TPSA) is 103 Å². The van der Waals surface area contributed by atoms with Crippen molar-refractivity contribution >= 4 is 12.0 Å². The molecule has 1 aromatic heterocycles. The second-order valence-electron chi connectivity index (χ2n) is 5.18. The average Bonchev–Trinajstić information content (AvgIpc) is 2.61. The van der Waals surface area contributed by atoms with Crippen molar-refractivity contribution in [2.24, 2.45) is 5.16 Å². The fraction of sp³-hybridized carbons (Fsp3) is 0.235. The van der Waals surface area contributed by atoms with Gasteiger partial charge in [-0.05, 0) is 24.3 Å². The molecule has 2 aromatic rings. The molecule has 126 valence electrons. The summed E-state index contributed by atoms with van der Waals surface area (Å²) in [5.41, 5.74) is 1.49. The first kappa shape index (κ1) is 17.4. The number of rotatable bonds is 6. The lowest BCUT2D eigenvalue weighted by molar-refractivity contribution is -0.690. The Kier molecular flexibility index (Phi) is 5.49. The number of benzene rings is 1. The van der Waals surface area contributed by atoms with Crippen molar-refractivity contribution in [2.45, 2.75) is 20.1 Å². The lowest BCUT2D eigenvalue weighted by Gasteiger charge is -2.08. The Morgan fingerprint density at radius 3 is 2.54 bits per heavy atom. The number of ether oxygens (including phenoxy) is 1. The average molecular weight is 331 g/mol. The van der Waals surface area contributed by atoms with Gasteiger partial charge in [0.25, 0.3) is 0 Å². The third-order valence-corrected chi connectivity index (χ3v) is 3.77. The molecule has 0 bridgehead atoms. The highest BCUT2D eigenvalue weighted by molar-refractivity contribution is 5.95. The molecule has 3 N–H and O–H groups in total. The van der Waals surface area contributed by atoms with Crippen LogP contribution in [-0.4, -0.2) is 34.5 Å². The maximum absolute atomic E-state index is 12.4. The van der Waals surface area contributed by atoms with E-state index in [2.05, 4.69) is 5.16 Å². The van der Waals surface area contributed by atoms with Crippen LogP contribution in [0.5, 0.6) is 11.5 Å². The molecule has 7 heteroatoms. The smallest absolute Gasteiger partial charge is 0.227 e. The molecule has 0 aliphatic carbocycles. The number of pyridine rings is 1. The minimum atomic E-state index is -0.369. The monoisotopic (exact) mass is 331 g/mol. The number of aromatic nitrogens is 1. The molecule has 2 rings (SSSR count). The standard InChI is InChI=1S/C17H18N2O5/c1-11-17(22)15(7-18-23)13(10-20)8-19(11)9-16(21)12-3-5-14(24-2)6-4-12/h3-8,20,22H,9-10H2,1-2H3/p+1. The Balaban J connectivity index is 2.34. The van der Waals surface area contributed by atoms with Crippen LogP contribution < -0.4 is 9.30 Å². The van der Waals surface area contributed by atoms with Crippen LogP contribution in [0.3, 0.4) is 0 Å². The molecule has 0 aliphatic rings. The molecule has 0 fully saturated rings. The van der Waals surface area contributed by atoms with Crippen molar-refractivity contribution in [1.82, 2.24) is 0 Å². The molecule has 0 saturated heterocycles. The van der Waals surface area contributed by atoms with Gasteiger partial charge in [0.2, 0.25) is 18.0 Å². The zero-order valence-corrected chi connectivity index (χ0v) is 13.4. The molecule has 1 heterocycles. The molecule has 0 unspecified atom stereocenters. The van der Waals surface area contributed by atoms with Crippen LogP contribution in [0.1, 0.15) is 27.2 Å². The van der Waals surface area contributed by atoms with Crippen molar-refractivity contribution in [2.75, 3.05) is 7.11 Å². The molecule has 1 aromatic carbocycles. The molecule has 24 heavy (non-hydrogen) atoms. The maximum Gasteiger partial charge on any atom is 0.227 e. The van der Waals surface area contributed by atoms with Crippen molar-refractivity contribution in [3.05, 3.63) is 52.8 Å². The highest BCUT2D eigenvalue weighted by Gasteiger charge is 2.22. The van der Waals surface area contributed by atoms with Gasteiger partial charge in [-0.25, -0.2) is 0 Å². The van der Waals surface area contributed by atoms with Gasteiger partial charge in [-0.3, -0.25) is 4.79 Å². The largest absolute Gasteiger partial charge is 0.502 e. The van der Waals surface area contributed by atoms with Crippen LogP contribution in [0.15, 0.2) is 35.6 Å². The molecule has 0 amide bonds. The van der Waals surface area contributed by atoms with Gasteiger partial charge in [0.1, 0.15) is 5.75 Å². The van der Waals surface area contributed by atoms with E-state index in [1.54, 1.807) is 49.1 Å². The molecule has 0 saturated carbocycles. The minimum absolute atomic E-state index is 0.00469. The number of carbonyl (C=O) groups excluding carboxylic acids is 1. The van der Waals surface area contributed by atoms with E-state index in [9.17, 15) is 15.0 Å². The lowest BCUT2D eigenvalue weighted by Crippen LogP contribution is -2.41. The number of methoxy groups -OCH3 is 1. The third kappa shape index (κ3) is 3.52. The zero-order chi connectivity index (χ0) is 17.7. The number of hydrogen-bond donors (Lipinski definition) is 3. The fourth-order valence-corrected chi connectivity index (χ4v) is 2.35. The van der Waals surface area contributed by atoms with E-state index in [1.807, 2.05) is 0 Å². The first-order chi connectivity index (χ1) is 11.5. The van der Waals surface area contributed by atoms with Gasteiger partial charge in [0.15, 0.2) is 11.9 Å². The Labute approximate surface area is 139 Å². The SMILES string of the molecule is COc1ccc(C(=O)C[n+]2cc(CO)c(C=NO)c(O)c2C)cc1. The van der Waals surface area contributed by atoms with Crippen LogP contribution >= 0.6 is 0 Å². The number of aromatic hydroxyl groups is 1. The summed E-state index contributed by atoms with van der Waals surface area (Å²) >= 11 is 0. The Morgan fingerprint density at radius 1 is 1.33 bits per heavy atom. The Hall–Kier alpha value is -2.93.